The van der Waals surface area contributed by atoms with Gasteiger partial charge in [0.15, 0.2) is 0 Å². The molecule has 2 heteroatoms. The summed E-state index contributed by atoms with van der Waals surface area (Å²) >= 11 is 0. The van der Waals surface area contributed by atoms with Gasteiger partial charge in [-0.3, -0.25) is 0 Å². The van der Waals surface area contributed by atoms with Gasteiger partial charge in [0.1, 0.15) is 0 Å². The van der Waals surface area contributed by atoms with Gasteiger partial charge in [-0.15, -0.1) is 0 Å². The third-order valence-electron chi connectivity index (χ3n) is 7.41. The summed E-state index contributed by atoms with van der Waals surface area (Å²) in [5.74, 6) is 0. The van der Waals surface area contributed by atoms with Crippen molar-refractivity contribution in [1.29, 1.82) is 0 Å². The van der Waals surface area contributed by atoms with Crippen molar-refractivity contribution >= 4 is 0 Å². The van der Waals surface area contributed by atoms with Crippen molar-refractivity contribution in [2.45, 2.75) is 119 Å². The minimum Gasteiger partial charge on any atom is -0.378 e. The fourth-order valence-electron chi connectivity index (χ4n) is 3.85. The van der Waals surface area contributed by atoms with E-state index in [1.165, 1.54) is 33.4 Å². The van der Waals surface area contributed by atoms with Gasteiger partial charge < -0.3 is 9.47 Å². The summed E-state index contributed by atoms with van der Waals surface area (Å²) in [4.78, 5) is 0. The maximum atomic E-state index is 5.47. The lowest BCUT2D eigenvalue weighted by Gasteiger charge is -2.20. The lowest BCUT2D eigenvalue weighted by molar-refractivity contribution is 0.0252. The minimum absolute atomic E-state index is 0.0976. The fourth-order valence-corrected chi connectivity index (χ4v) is 3.85. The van der Waals surface area contributed by atoms with Gasteiger partial charge in [0.05, 0.1) is 11.2 Å². The van der Waals surface area contributed by atoms with Crippen LogP contribution in [0.5, 0.6) is 0 Å². The van der Waals surface area contributed by atoms with Gasteiger partial charge >= 0.3 is 0 Å². The zero-order valence-electron chi connectivity index (χ0n) is 30.3. The fraction of sp³-hybridized carbons (Fsp3) is 0.476. The average Bonchev–Trinajstić information content (AvgIpc) is 2.95. The van der Waals surface area contributed by atoms with Crippen LogP contribution in [0.4, 0.5) is 0 Å². The molecule has 0 bridgehead atoms. The second-order valence-electron chi connectivity index (χ2n) is 13.1. The summed E-state index contributed by atoms with van der Waals surface area (Å²) in [5, 5.41) is 0. The molecule has 2 nitrogen and oxygen atoms in total. The molecule has 0 aliphatic carbocycles. The van der Waals surface area contributed by atoms with E-state index in [4.69, 9.17) is 9.47 Å². The Bertz CT molecular complexity index is 1160. The molecule has 0 unspecified atom stereocenters. The maximum absolute atomic E-state index is 5.47. The molecule has 0 aromatic heterocycles. The van der Waals surface area contributed by atoms with E-state index >= 15 is 0 Å². The van der Waals surface area contributed by atoms with Crippen LogP contribution in [0.15, 0.2) is 131 Å². The van der Waals surface area contributed by atoms with Gasteiger partial charge in [-0.05, 0) is 108 Å². The van der Waals surface area contributed by atoms with Crippen molar-refractivity contribution in [2.24, 2.45) is 0 Å². The van der Waals surface area contributed by atoms with Crippen LogP contribution in [0.25, 0.3) is 0 Å². The molecule has 0 aromatic rings. The molecular formula is C42H64O2. The van der Waals surface area contributed by atoms with Crippen molar-refractivity contribution in [1.82, 2.24) is 0 Å². The molecule has 44 heavy (non-hydrogen) atoms. The molecule has 0 saturated heterocycles. The van der Waals surface area contributed by atoms with E-state index in [0.29, 0.717) is 0 Å². The molecule has 0 spiro atoms. The maximum Gasteiger partial charge on any atom is 0.0657 e. The van der Waals surface area contributed by atoms with Crippen LogP contribution < -0.4 is 0 Å². The Morgan fingerprint density at radius 1 is 0.477 bits per heavy atom. The van der Waals surface area contributed by atoms with E-state index < -0.39 is 0 Å². The molecule has 0 aromatic carbocycles. The number of methoxy groups -OCH3 is 2. The van der Waals surface area contributed by atoms with Crippen LogP contribution in [0, 0.1) is 0 Å². The van der Waals surface area contributed by atoms with Gasteiger partial charge in [-0.1, -0.05) is 131 Å². The second kappa shape index (κ2) is 23.4. The second-order valence-corrected chi connectivity index (χ2v) is 13.1. The normalized spacial score (nSPS) is 15.9. The van der Waals surface area contributed by atoms with Gasteiger partial charge in [-0.25, -0.2) is 0 Å². The monoisotopic (exact) mass is 600 g/mol. The quantitative estimate of drug-likeness (QED) is 0.102. The molecule has 0 fully saturated rings. The summed E-state index contributed by atoms with van der Waals surface area (Å²) in [7, 11) is 3.53. The number of rotatable bonds is 20. The molecule has 0 radical (unpaired) electrons. The van der Waals surface area contributed by atoms with Crippen molar-refractivity contribution < 1.29 is 9.47 Å². The highest BCUT2D eigenvalue weighted by molar-refractivity contribution is 5.31. The summed E-state index contributed by atoms with van der Waals surface area (Å²) in [6.07, 6.45) is 41.0. The van der Waals surface area contributed by atoms with E-state index in [9.17, 15) is 0 Å². The van der Waals surface area contributed by atoms with E-state index in [1.807, 2.05) is 0 Å². The topological polar surface area (TPSA) is 18.5 Å². The van der Waals surface area contributed by atoms with Crippen molar-refractivity contribution in [2.75, 3.05) is 14.2 Å². The Labute approximate surface area is 272 Å². The van der Waals surface area contributed by atoms with Crippen LogP contribution in [-0.2, 0) is 9.47 Å². The van der Waals surface area contributed by atoms with E-state index in [2.05, 4.69) is 166 Å². The van der Waals surface area contributed by atoms with Crippen LogP contribution in [-0.4, -0.2) is 25.4 Å². The highest BCUT2D eigenvalue weighted by Gasteiger charge is 2.13. The Balaban J connectivity index is 4.58. The summed E-state index contributed by atoms with van der Waals surface area (Å²) in [6, 6.07) is 0. The Morgan fingerprint density at radius 3 is 1.41 bits per heavy atom. The minimum atomic E-state index is -0.119. The molecule has 0 N–H and O–H groups in total. The zero-order valence-corrected chi connectivity index (χ0v) is 30.3. The lowest BCUT2D eigenvalue weighted by atomic mass is 10.0. The number of allylic oxidation sites excluding steroid dienone is 20. The van der Waals surface area contributed by atoms with Gasteiger partial charge in [0, 0.05) is 14.2 Å². The first-order chi connectivity index (χ1) is 20.7. The van der Waals surface area contributed by atoms with E-state index in [1.54, 1.807) is 14.2 Å². The van der Waals surface area contributed by atoms with Crippen LogP contribution in [0.1, 0.15) is 108 Å². The van der Waals surface area contributed by atoms with Crippen molar-refractivity contribution in [3.05, 3.63) is 131 Å². The molecule has 0 atom stereocenters. The smallest absolute Gasteiger partial charge is 0.0657 e. The Hall–Kier alpha value is -2.94. The van der Waals surface area contributed by atoms with Crippen LogP contribution in [0.3, 0.4) is 0 Å². The third kappa shape index (κ3) is 24.5. The third-order valence-corrected chi connectivity index (χ3v) is 7.41. The van der Waals surface area contributed by atoms with E-state index in [-0.39, 0.29) is 11.2 Å². The first-order valence-electron chi connectivity index (χ1n) is 16.2. The SMILES string of the molecule is COC(C)(C)C/C=C/C(C)=C/C=C/C(C)=C/C=C/C(C)=C/C=C/C=C(\C)CC/C=C(\C)CC/C=C(C)/C=C/CC(C)(C)OC. The highest BCUT2D eigenvalue weighted by Crippen LogP contribution is 2.16. The number of hydrogen-bond donors (Lipinski definition) is 0. The first-order valence-corrected chi connectivity index (χ1v) is 16.2. The first kappa shape index (κ1) is 41.1. The molecule has 0 aliphatic heterocycles. The van der Waals surface area contributed by atoms with Crippen LogP contribution >= 0.6 is 0 Å². The molecule has 0 aliphatic rings. The van der Waals surface area contributed by atoms with Crippen molar-refractivity contribution in [3.8, 4) is 0 Å². The van der Waals surface area contributed by atoms with Gasteiger partial charge in [0.25, 0.3) is 0 Å². The van der Waals surface area contributed by atoms with Crippen molar-refractivity contribution in [3.63, 3.8) is 0 Å². The summed E-state index contributed by atoms with van der Waals surface area (Å²) in [5.41, 5.74) is 7.62. The average molecular weight is 601 g/mol. The highest BCUT2D eigenvalue weighted by atomic mass is 16.5. The summed E-state index contributed by atoms with van der Waals surface area (Å²) in [6.45, 7) is 21.4. The van der Waals surface area contributed by atoms with Gasteiger partial charge in [0.2, 0.25) is 0 Å². The molecular weight excluding hydrogens is 536 g/mol. The number of hydrogen-bond acceptors (Lipinski definition) is 2. The molecule has 0 saturated carbocycles. The zero-order chi connectivity index (χ0) is 33.4. The standard InChI is InChI=1S/C42H64O2/c1-35(23-15-25-37(3)27-17-29-39(5)31-19-33-41(7,8)43-11)21-13-14-22-36(2)24-16-26-38(4)28-18-30-40(6)32-20-34-42(9,10)44-12/h13-15,17,19-23,25-27,29-32H,16,18,24,28,33-34H2,1-12H3/b14-13+,23-15+,27-17+,31-19+,32-20+,35-21+,36-22+,37-25+,38-26+,39-29+,40-30+. The molecule has 0 rings (SSSR count). The molecule has 0 amide bonds. The predicted molar refractivity (Wildman–Crippen MR) is 198 cm³/mol. The predicted octanol–water partition coefficient (Wildman–Crippen LogP) is 12.6. The molecule has 0 heterocycles. The molecule has 244 valence electrons. The van der Waals surface area contributed by atoms with Crippen LogP contribution in [0.2, 0.25) is 0 Å². The Kier molecular flexibility index (Phi) is 21.9. The number of ether oxygens (including phenoxy) is 2. The Morgan fingerprint density at radius 2 is 0.886 bits per heavy atom. The summed E-state index contributed by atoms with van der Waals surface area (Å²) < 4.78 is 10.9. The lowest BCUT2D eigenvalue weighted by Crippen LogP contribution is -2.20. The van der Waals surface area contributed by atoms with E-state index in [0.717, 1.165) is 38.5 Å². The largest absolute Gasteiger partial charge is 0.378 e. The van der Waals surface area contributed by atoms with Gasteiger partial charge in [-0.2, -0.15) is 0 Å².